The highest BCUT2D eigenvalue weighted by atomic mass is 16.4. The van der Waals surface area contributed by atoms with E-state index in [9.17, 15) is 24.3 Å². The second-order valence-corrected chi connectivity index (χ2v) is 10.6. The van der Waals surface area contributed by atoms with Crippen LogP contribution in [0.15, 0.2) is 35.5 Å². The Kier molecular flexibility index (Phi) is 11.1. The smallest absolute Gasteiger partial charge is 0.326 e. The maximum absolute atomic E-state index is 13.7. The number of aromatic nitrogens is 1. The second kappa shape index (κ2) is 14.5. The molecule has 2 aromatic rings. The average Bonchev–Trinajstić information content (AvgIpc) is 3.60. The molecule has 0 radical (unpaired) electrons. The van der Waals surface area contributed by atoms with E-state index in [0.717, 1.165) is 16.5 Å². The summed E-state index contributed by atoms with van der Waals surface area (Å²) in [6.45, 7) is 4.32. The minimum Gasteiger partial charge on any atom is -0.480 e. The molecule has 10 N–H and O–H groups in total. The number of hydrogen-bond donors (Lipinski definition) is 7. The number of nitrogens with zero attached hydrogens (tertiary/aromatic N) is 2. The van der Waals surface area contributed by atoms with Crippen molar-refractivity contribution in [3.63, 3.8) is 0 Å². The Bertz CT molecular complexity index is 1260. The molecular weight excluding hydrogens is 528 g/mol. The Morgan fingerprint density at radius 1 is 1.20 bits per heavy atom. The van der Waals surface area contributed by atoms with Gasteiger partial charge in [-0.25, -0.2) is 4.79 Å². The van der Waals surface area contributed by atoms with Crippen LogP contribution in [0.3, 0.4) is 0 Å². The fourth-order valence-corrected chi connectivity index (χ4v) is 5.08. The number of rotatable bonds is 14. The molecule has 1 aromatic carbocycles. The molecule has 5 atom stereocenters. The number of aliphatic carboxylic acids is 1. The summed E-state index contributed by atoms with van der Waals surface area (Å²) in [5.41, 5.74) is 18.7. The van der Waals surface area contributed by atoms with Crippen LogP contribution < -0.4 is 27.8 Å². The molecule has 0 aliphatic carbocycles. The van der Waals surface area contributed by atoms with Crippen LogP contribution in [0.4, 0.5) is 0 Å². The standard InChI is InChI=1S/C28H42N8O5/c1-3-16(2)23(35-24(37)19(29)14-17-15-33-20-9-5-4-8-18(17)20)26(39)36-13-7-11-22(36)25(38)34-21(27(40)41)10-6-12-32-28(30)31/h4-5,8-9,15-16,19,21-23,33H,3,6-7,10-14,29H2,1-2H3,(H,34,38)(H,35,37)(H,40,41)(H4,30,31,32). The van der Waals surface area contributed by atoms with E-state index in [2.05, 4.69) is 20.6 Å². The highest BCUT2D eigenvalue weighted by Crippen LogP contribution is 2.23. The molecule has 0 spiro atoms. The van der Waals surface area contributed by atoms with Crippen molar-refractivity contribution >= 4 is 40.6 Å². The normalized spacial score (nSPS) is 17.8. The fraction of sp³-hybridized carbons (Fsp3) is 0.536. The van der Waals surface area contributed by atoms with Crippen LogP contribution in [0.1, 0.15) is 51.5 Å². The van der Waals surface area contributed by atoms with E-state index in [4.69, 9.17) is 17.2 Å². The highest BCUT2D eigenvalue weighted by molar-refractivity contribution is 5.95. The van der Waals surface area contributed by atoms with Crippen molar-refractivity contribution < 1.29 is 24.3 Å². The molecule has 41 heavy (non-hydrogen) atoms. The first-order chi connectivity index (χ1) is 19.5. The van der Waals surface area contributed by atoms with Gasteiger partial charge in [-0.15, -0.1) is 0 Å². The van der Waals surface area contributed by atoms with Crippen molar-refractivity contribution in [3.8, 4) is 0 Å². The number of amides is 3. The fourth-order valence-electron chi connectivity index (χ4n) is 5.08. The summed E-state index contributed by atoms with van der Waals surface area (Å²) in [4.78, 5) is 60.3. The van der Waals surface area contributed by atoms with Gasteiger partial charge in [0, 0.05) is 30.2 Å². The minimum absolute atomic E-state index is 0.0945. The number of guanidine groups is 1. The summed E-state index contributed by atoms with van der Waals surface area (Å²) in [5.74, 6) is -2.89. The predicted molar refractivity (Wildman–Crippen MR) is 156 cm³/mol. The van der Waals surface area contributed by atoms with E-state index in [-0.39, 0.29) is 37.2 Å². The Morgan fingerprint density at radius 3 is 2.61 bits per heavy atom. The number of fused-ring (bicyclic) bond motifs is 1. The van der Waals surface area contributed by atoms with Gasteiger partial charge in [-0.1, -0.05) is 38.5 Å². The Labute approximate surface area is 239 Å². The van der Waals surface area contributed by atoms with E-state index < -0.39 is 42.0 Å². The molecule has 13 heteroatoms. The molecule has 224 valence electrons. The molecule has 1 fully saturated rings. The molecule has 0 saturated carbocycles. The average molecular weight is 571 g/mol. The molecule has 2 heterocycles. The van der Waals surface area contributed by atoms with E-state index in [1.54, 1.807) is 0 Å². The third-order valence-corrected chi connectivity index (χ3v) is 7.63. The van der Waals surface area contributed by atoms with Crippen molar-refractivity contribution in [2.45, 2.75) is 76.5 Å². The lowest BCUT2D eigenvalue weighted by molar-refractivity contribution is -0.145. The number of hydrogen-bond acceptors (Lipinski definition) is 6. The largest absolute Gasteiger partial charge is 0.480 e. The number of benzene rings is 1. The number of aromatic amines is 1. The lowest BCUT2D eigenvalue weighted by atomic mass is 9.96. The van der Waals surface area contributed by atoms with Crippen LogP contribution in [-0.2, 0) is 25.6 Å². The number of carbonyl (C=O) groups excluding carboxylic acids is 3. The van der Waals surface area contributed by atoms with Gasteiger partial charge in [0.15, 0.2) is 5.96 Å². The number of carbonyl (C=O) groups is 4. The number of carboxylic acid groups (broad SMARTS) is 1. The zero-order valence-corrected chi connectivity index (χ0v) is 23.6. The van der Waals surface area contributed by atoms with Crippen molar-refractivity contribution in [2.24, 2.45) is 28.1 Å². The molecule has 0 bridgehead atoms. The maximum atomic E-state index is 13.7. The molecule has 13 nitrogen and oxygen atoms in total. The topological polar surface area (TPSA) is 222 Å². The summed E-state index contributed by atoms with van der Waals surface area (Å²) in [7, 11) is 0. The molecule has 1 aromatic heterocycles. The van der Waals surface area contributed by atoms with Crippen molar-refractivity contribution in [1.29, 1.82) is 0 Å². The summed E-state index contributed by atoms with van der Waals surface area (Å²) in [5, 5.41) is 16.0. The Hall–Kier alpha value is -4.13. The summed E-state index contributed by atoms with van der Waals surface area (Å²) < 4.78 is 0. The van der Waals surface area contributed by atoms with Gasteiger partial charge in [-0.2, -0.15) is 0 Å². The van der Waals surface area contributed by atoms with E-state index in [0.29, 0.717) is 32.2 Å². The van der Waals surface area contributed by atoms with Gasteiger partial charge in [-0.05, 0) is 49.7 Å². The number of nitrogens with one attached hydrogen (secondary N) is 3. The second-order valence-electron chi connectivity index (χ2n) is 10.6. The molecule has 5 unspecified atom stereocenters. The SMILES string of the molecule is CCC(C)C(NC(=O)C(N)Cc1c[nH]c2ccccc12)C(=O)N1CCCC1C(=O)NC(CCCN=C(N)N)C(=O)O. The van der Waals surface area contributed by atoms with Gasteiger partial charge in [0.1, 0.15) is 18.1 Å². The zero-order chi connectivity index (χ0) is 30.1. The summed E-state index contributed by atoms with van der Waals surface area (Å²) in [6.07, 6.45) is 4.16. The number of aliphatic imine (C=N–C) groups is 1. The minimum atomic E-state index is -1.19. The molecule has 1 aliphatic heterocycles. The molecular formula is C28H42N8O5. The van der Waals surface area contributed by atoms with E-state index in [1.165, 1.54) is 4.90 Å². The van der Waals surface area contributed by atoms with Crippen LogP contribution in [0, 0.1) is 5.92 Å². The van der Waals surface area contributed by atoms with Crippen LogP contribution in [0.2, 0.25) is 0 Å². The molecule has 1 saturated heterocycles. The first-order valence-corrected chi connectivity index (χ1v) is 14.0. The first-order valence-electron chi connectivity index (χ1n) is 14.0. The van der Waals surface area contributed by atoms with E-state index >= 15 is 0 Å². The molecule has 1 aliphatic rings. The third kappa shape index (κ3) is 8.19. The first kappa shape index (κ1) is 31.4. The number of H-pyrrole nitrogens is 1. The number of nitrogens with two attached hydrogens (primary N) is 3. The number of carboxylic acids is 1. The van der Waals surface area contributed by atoms with Crippen LogP contribution >= 0.6 is 0 Å². The van der Waals surface area contributed by atoms with Crippen molar-refractivity contribution in [3.05, 3.63) is 36.0 Å². The van der Waals surface area contributed by atoms with Crippen LogP contribution in [0.25, 0.3) is 10.9 Å². The van der Waals surface area contributed by atoms with Gasteiger partial charge < -0.3 is 42.8 Å². The van der Waals surface area contributed by atoms with Gasteiger partial charge in [-0.3, -0.25) is 19.4 Å². The highest BCUT2D eigenvalue weighted by Gasteiger charge is 2.40. The van der Waals surface area contributed by atoms with Crippen LogP contribution in [-0.4, -0.2) is 81.9 Å². The van der Waals surface area contributed by atoms with Gasteiger partial charge in [0.25, 0.3) is 0 Å². The Balaban J connectivity index is 1.66. The summed E-state index contributed by atoms with van der Waals surface area (Å²) in [6, 6.07) is 3.96. The van der Waals surface area contributed by atoms with Gasteiger partial charge in [0.2, 0.25) is 17.7 Å². The lowest BCUT2D eigenvalue weighted by Crippen LogP contribution is -2.58. The summed E-state index contributed by atoms with van der Waals surface area (Å²) >= 11 is 0. The third-order valence-electron chi connectivity index (χ3n) is 7.63. The quantitative estimate of drug-likeness (QED) is 0.0940. The number of para-hydroxylation sites is 1. The van der Waals surface area contributed by atoms with Gasteiger partial charge >= 0.3 is 5.97 Å². The lowest BCUT2D eigenvalue weighted by Gasteiger charge is -2.32. The van der Waals surface area contributed by atoms with E-state index in [1.807, 2.05) is 44.3 Å². The maximum Gasteiger partial charge on any atom is 0.326 e. The monoisotopic (exact) mass is 570 g/mol. The Morgan fingerprint density at radius 2 is 1.93 bits per heavy atom. The molecule has 3 rings (SSSR count). The zero-order valence-electron chi connectivity index (χ0n) is 23.6. The van der Waals surface area contributed by atoms with Gasteiger partial charge in [0.05, 0.1) is 6.04 Å². The van der Waals surface area contributed by atoms with Crippen LogP contribution in [0.5, 0.6) is 0 Å². The predicted octanol–water partition coefficient (Wildman–Crippen LogP) is 0.183. The molecule has 3 amide bonds. The number of likely N-dealkylation sites (tertiary alicyclic amines) is 1. The van der Waals surface area contributed by atoms with Crippen molar-refractivity contribution in [1.82, 2.24) is 20.5 Å². The van der Waals surface area contributed by atoms with Crippen molar-refractivity contribution in [2.75, 3.05) is 13.1 Å².